The highest BCUT2D eigenvalue weighted by molar-refractivity contribution is 6.04. The number of nitrogens with zero attached hydrogens (tertiary/aromatic N) is 1. The predicted octanol–water partition coefficient (Wildman–Crippen LogP) is 2.38. The normalized spacial score (nSPS) is 10.0. The van der Waals surface area contributed by atoms with Crippen molar-refractivity contribution in [3.8, 4) is 0 Å². The van der Waals surface area contributed by atoms with Gasteiger partial charge >= 0.3 is 5.97 Å². The van der Waals surface area contributed by atoms with Crippen molar-refractivity contribution in [1.82, 2.24) is 4.98 Å². The van der Waals surface area contributed by atoms with Gasteiger partial charge in [0, 0.05) is 30.1 Å². The Hall–Kier alpha value is -3.02. The van der Waals surface area contributed by atoms with Gasteiger partial charge in [0.05, 0.1) is 12.0 Å². The number of aromatic nitrogens is 1. The van der Waals surface area contributed by atoms with Crippen LogP contribution in [0, 0.1) is 0 Å². The first-order chi connectivity index (χ1) is 10.6. The fourth-order valence-electron chi connectivity index (χ4n) is 1.80. The van der Waals surface area contributed by atoms with Gasteiger partial charge in [0.25, 0.3) is 5.91 Å². The van der Waals surface area contributed by atoms with Crippen LogP contribution in [0.3, 0.4) is 0 Å². The number of aliphatic carboxylic acids is 1. The molecule has 1 aromatic carbocycles. The summed E-state index contributed by atoms with van der Waals surface area (Å²) in [5, 5.41) is 11.2. The van der Waals surface area contributed by atoms with Crippen molar-refractivity contribution in [2.45, 2.75) is 12.8 Å². The highest BCUT2D eigenvalue weighted by atomic mass is 16.4. The van der Waals surface area contributed by atoms with E-state index in [9.17, 15) is 14.4 Å². The van der Waals surface area contributed by atoms with Crippen LogP contribution in [-0.2, 0) is 4.79 Å². The van der Waals surface area contributed by atoms with Crippen molar-refractivity contribution in [1.29, 1.82) is 0 Å². The average molecular weight is 298 g/mol. The van der Waals surface area contributed by atoms with Crippen molar-refractivity contribution in [3.63, 3.8) is 0 Å². The summed E-state index contributed by atoms with van der Waals surface area (Å²) in [5.41, 5.74) is 1.40. The number of carboxylic acid groups (broad SMARTS) is 1. The molecule has 112 valence electrons. The molecule has 0 spiro atoms. The van der Waals surface area contributed by atoms with Gasteiger partial charge in [-0.15, -0.1) is 0 Å². The molecule has 6 nitrogen and oxygen atoms in total. The number of benzene rings is 1. The number of rotatable bonds is 6. The van der Waals surface area contributed by atoms with Crippen LogP contribution in [0.15, 0.2) is 48.8 Å². The number of Topliss-reactive ketones (excluding diaryl/α,β-unsaturated/α-hetero) is 1. The Kier molecular flexibility index (Phi) is 4.98. The third-order valence-corrected chi connectivity index (χ3v) is 2.95. The summed E-state index contributed by atoms with van der Waals surface area (Å²) in [6.45, 7) is 0. The van der Waals surface area contributed by atoms with Crippen LogP contribution in [0.2, 0.25) is 0 Å². The molecular weight excluding hydrogens is 284 g/mol. The Morgan fingerprint density at radius 3 is 2.32 bits per heavy atom. The van der Waals surface area contributed by atoms with Crippen molar-refractivity contribution in [3.05, 3.63) is 59.9 Å². The van der Waals surface area contributed by atoms with Gasteiger partial charge in [0.15, 0.2) is 5.78 Å². The number of carbonyl (C=O) groups is 3. The number of hydrogen-bond donors (Lipinski definition) is 2. The topological polar surface area (TPSA) is 96.4 Å². The first-order valence-corrected chi connectivity index (χ1v) is 6.62. The van der Waals surface area contributed by atoms with Gasteiger partial charge in [-0.25, -0.2) is 0 Å². The quantitative estimate of drug-likeness (QED) is 0.798. The van der Waals surface area contributed by atoms with Gasteiger partial charge in [-0.2, -0.15) is 0 Å². The molecule has 0 aliphatic heterocycles. The molecule has 0 saturated carbocycles. The molecule has 0 bridgehead atoms. The molecule has 22 heavy (non-hydrogen) atoms. The lowest BCUT2D eigenvalue weighted by molar-refractivity contribution is -0.136. The molecule has 2 aromatic rings. The van der Waals surface area contributed by atoms with Gasteiger partial charge < -0.3 is 10.4 Å². The third kappa shape index (κ3) is 4.24. The maximum absolute atomic E-state index is 11.9. The number of carboxylic acids is 1. The lowest BCUT2D eigenvalue weighted by Crippen LogP contribution is -2.12. The number of anilines is 1. The molecule has 0 saturated heterocycles. The van der Waals surface area contributed by atoms with E-state index in [1.807, 2.05) is 0 Å². The van der Waals surface area contributed by atoms with E-state index in [0.717, 1.165) is 0 Å². The molecule has 2 rings (SSSR count). The molecule has 2 N–H and O–H groups in total. The van der Waals surface area contributed by atoms with E-state index in [4.69, 9.17) is 5.11 Å². The Morgan fingerprint density at radius 1 is 1.00 bits per heavy atom. The Morgan fingerprint density at radius 2 is 1.73 bits per heavy atom. The predicted molar refractivity (Wildman–Crippen MR) is 79.8 cm³/mol. The zero-order chi connectivity index (χ0) is 15.9. The van der Waals surface area contributed by atoms with Gasteiger partial charge in [0.2, 0.25) is 0 Å². The van der Waals surface area contributed by atoms with Crippen LogP contribution in [0.4, 0.5) is 5.69 Å². The van der Waals surface area contributed by atoms with Crippen LogP contribution < -0.4 is 5.32 Å². The van der Waals surface area contributed by atoms with Crippen molar-refractivity contribution < 1.29 is 19.5 Å². The number of nitrogens with one attached hydrogen (secondary N) is 1. The highest BCUT2D eigenvalue weighted by Gasteiger charge is 2.09. The van der Waals surface area contributed by atoms with Gasteiger partial charge in [-0.3, -0.25) is 19.4 Å². The number of hydrogen-bond acceptors (Lipinski definition) is 4. The molecule has 0 aliphatic carbocycles. The monoisotopic (exact) mass is 298 g/mol. The number of pyridine rings is 1. The van der Waals surface area contributed by atoms with Crippen LogP contribution in [0.25, 0.3) is 0 Å². The first-order valence-electron chi connectivity index (χ1n) is 6.62. The molecule has 1 aromatic heterocycles. The fourth-order valence-corrected chi connectivity index (χ4v) is 1.80. The van der Waals surface area contributed by atoms with E-state index in [-0.39, 0.29) is 24.5 Å². The van der Waals surface area contributed by atoms with E-state index in [1.165, 1.54) is 6.20 Å². The molecule has 1 heterocycles. The largest absolute Gasteiger partial charge is 0.481 e. The summed E-state index contributed by atoms with van der Waals surface area (Å²) in [6, 6.07) is 9.63. The molecule has 1 amide bonds. The molecule has 0 radical (unpaired) electrons. The zero-order valence-electron chi connectivity index (χ0n) is 11.7. The van der Waals surface area contributed by atoms with E-state index >= 15 is 0 Å². The summed E-state index contributed by atoms with van der Waals surface area (Å²) >= 11 is 0. The minimum atomic E-state index is -1.01. The van der Waals surface area contributed by atoms with E-state index in [0.29, 0.717) is 16.8 Å². The SMILES string of the molecule is O=C(O)CCC(=O)c1ccc(NC(=O)c2cccnc2)cc1. The molecule has 0 unspecified atom stereocenters. The third-order valence-electron chi connectivity index (χ3n) is 2.95. The Bertz CT molecular complexity index is 681. The number of amides is 1. The lowest BCUT2D eigenvalue weighted by Gasteiger charge is -2.06. The van der Waals surface area contributed by atoms with Crippen LogP contribution in [-0.4, -0.2) is 27.8 Å². The number of ketones is 1. The van der Waals surface area contributed by atoms with Crippen molar-refractivity contribution in [2.75, 3.05) is 5.32 Å². The van der Waals surface area contributed by atoms with E-state index in [2.05, 4.69) is 10.3 Å². The fraction of sp³-hybridized carbons (Fsp3) is 0.125. The summed E-state index contributed by atoms with van der Waals surface area (Å²) in [4.78, 5) is 38.0. The second kappa shape index (κ2) is 7.12. The minimum absolute atomic E-state index is 0.0449. The van der Waals surface area contributed by atoms with Crippen LogP contribution in [0.1, 0.15) is 33.6 Å². The smallest absolute Gasteiger partial charge is 0.303 e. The van der Waals surface area contributed by atoms with E-state index in [1.54, 1.807) is 42.6 Å². The second-order valence-corrected chi connectivity index (χ2v) is 4.59. The van der Waals surface area contributed by atoms with Gasteiger partial charge in [-0.05, 0) is 36.4 Å². The van der Waals surface area contributed by atoms with Crippen LogP contribution in [0.5, 0.6) is 0 Å². The summed E-state index contributed by atoms with van der Waals surface area (Å²) in [6.07, 6.45) is 2.79. The van der Waals surface area contributed by atoms with Gasteiger partial charge in [0.1, 0.15) is 0 Å². The maximum Gasteiger partial charge on any atom is 0.303 e. The molecule has 0 atom stereocenters. The highest BCUT2D eigenvalue weighted by Crippen LogP contribution is 2.13. The molecule has 6 heteroatoms. The average Bonchev–Trinajstić information content (AvgIpc) is 2.54. The summed E-state index contributed by atoms with van der Waals surface area (Å²) in [7, 11) is 0. The first kappa shape index (κ1) is 15.4. The maximum atomic E-state index is 11.9. The van der Waals surface area contributed by atoms with Gasteiger partial charge in [-0.1, -0.05) is 0 Å². The lowest BCUT2D eigenvalue weighted by atomic mass is 10.1. The molecule has 0 fully saturated rings. The Balaban J connectivity index is 1.98. The Labute approximate surface area is 126 Å². The standard InChI is InChI=1S/C16H14N2O4/c19-14(7-8-15(20)21)11-3-5-13(6-4-11)18-16(22)12-2-1-9-17-10-12/h1-6,9-10H,7-8H2,(H,18,22)(H,20,21). The number of carbonyl (C=O) groups excluding carboxylic acids is 2. The molecule has 0 aliphatic rings. The summed E-state index contributed by atoms with van der Waals surface area (Å²) < 4.78 is 0. The van der Waals surface area contributed by atoms with Crippen LogP contribution >= 0.6 is 0 Å². The minimum Gasteiger partial charge on any atom is -0.481 e. The summed E-state index contributed by atoms with van der Waals surface area (Å²) in [5.74, 6) is -1.54. The van der Waals surface area contributed by atoms with E-state index < -0.39 is 5.97 Å². The second-order valence-electron chi connectivity index (χ2n) is 4.59. The van der Waals surface area contributed by atoms with Crippen molar-refractivity contribution >= 4 is 23.3 Å². The molecular formula is C16H14N2O4. The zero-order valence-corrected chi connectivity index (χ0v) is 11.7. The van der Waals surface area contributed by atoms with Crippen molar-refractivity contribution in [2.24, 2.45) is 0 Å².